The maximum Gasteiger partial charge on any atom is 0.178 e. The number of aromatic nitrogens is 2. The third kappa shape index (κ3) is 4.72. The standard InChI is InChI=1S/C15H13NOS.C14H11NOS/c1-15(2)8-7-10(17)9-11(15)14-16-12-5-3-4-6-13(12)18-14;1-14(8-6-10(16)7-9-14)13-15-11-4-2-3-5-12(11)17-13/h3-9H,1-2H3;2-9H,1H3. The number of carbonyl (C=O) groups is 2. The molecule has 0 atom stereocenters. The Kier molecular flexibility index (Phi) is 5.95. The molecule has 4 aromatic rings. The number of thiazole rings is 2. The molecular weight excluding hydrogens is 472 g/mol. The summed E-state index contributed by atoms with van der Waals surface area (Å²) in [6.45, 7) is 6.28. The Labute approximate surface area is 212 Å². The fraction of sp³-hybridized carbons (Fsp3) is 0.172. The molecule has 0 saturated heterocycles. The van der Waals surface area contributed by atoms with Crippen LogP contribution in [0.25, 0.3) is 26.0 Å². The SMILES string of the molecule is CC1(C)C=CC(=O)C=C1c1nc2ccccc2s1.CC1(c2nc3ccccc3s2)C=CC(=O)C=C1. The van der Waals surface area contributed by atoms with E-state index in [1.54, 1.807) is 47.0 Å². The minimum absolute atomic E-state index is 0.0450. The van der Waals surface area contributed by atoms with E-state index >= 15 is 0 Å². The molecule has 4 nitrogen and oxygen atoms in total. The second kappa shape index (κ2) is 8.95. The highest BCUT2D eigenvalue weighted by molar-refractivity contribution is 7.19. The van der Waals surface area contributed by atoms with Gasteiger partial charge >= 0.3 is 0 Å². The van der Waals surface area contributed by atoms with Gasteiger partial charge in [0.2, 0.25) is 0 Å². The predicted octanol–water partition coefficient (Wildman–Crippen LogP) is 7.09. The summed E-state index contributed by atoms with van der Waals surface area (Å²) >= 11 is 3.32. The van der Waals surface area contributed by atoms with Crippen molar-refractivity contribution >= 4 is 60.2 Å². The van der Waals surface area contributed by atoms with Crippen molar-refractivity contribution in [2.24, 2.45) is 5.41 Å². The van der Waals surface area contributed by atoms with Gasteiger partial charge < -0.3 is 0 Å². The van der Waals surface area contributed by atoms with Crippen LogP contribution in [0.4, 0.5) is 0 Å². The van der Waals surface area contributed by atoms with Gasteiger partial charge in [0.05, 0.1) is 25.8 Å². The zero-order valence-electron chi connectivity index (χ0n) is 19.7. The van der Waals surface area contributed by atoms with Crippen LogP contribution in [-0.2, 0) is 15.0 Å². The lowest BCUT2D eigenvalue weighted by Gasteiger charge is -2.25. The fourth-order valence-corrected chi connectivity index (χ4v) is 6.17. The average molecular weight is 497 g/mol. The third-order valence-electron chi connectivity index (χ3n) is 6.11. The van der Waals surface area contributed by atoms with Gasteiger partial charge in [0, 0.05) is 11.0 Å². The maximum atomic E-state index is 11.6. The molecule has 6 heteroatoms. The summed E-state index contributed by atoms with van der Waals surface area (Å²) in [6.07, 6.45) is 12.4. The molecule has 0 saturated carbocycles. The molecule has 2 heterocycles. The van der Waals surface area contributed by atoms with Crippen LogP contribution >= 0.6 is 22.7 Å². The van der Waals surface area contributed by atoms with Crippen LogP contribution in [0, 0.1) is 5.41 Å². The molecule has 2 aliphatic carbocycles. The normalized spacial score (nSPS) is 18.0. The molecule has 2 aliphatic rings. The highest BCUT2D eigenvalue weighted by atomic mass is 32.1. The van der Waals surface area contributed by atoms with Crippen LogP contribution in [0.5, 0.6) is 0 Å². The molecule has 0 amide bonds. The Morgan fingerprint density at radius 1 is 0.686 bits per heavy atom. The van der Waals surface area contributed by atoms with E-state index in [-0.39, 0.29) is 22.4 Å². The van der Waals surface area contributed by atoms with E-state index in [2.05, 4.69) is 42.9 Å². The van der Waals surface area contributed by atoms with Gasteiger partial charge in [-0.1, -0.05) is 56.3 Å². The Bertz CT molecular complexity index is 1500. The quantitative estimate of drug-likeness (QED) is 0.297. The van der Waals surface area contributed by atoms with E-state index in [0.29, 0.717) is 0 Å². The van der Waals surface area contributed by atoms with Crippen LogP contribution in [-0.4, -0.2) is 21.5 Å². The summed E-state index contributed by atoms with van der Waals surface area (Å²) in [6, 6.07) is 16.1. The maximum absolute atomic E-state index is 11.6. The second-order valence-electron chi connectivity index (χ2n) is 9.34. The number of hydrogen-bond donors (Lipinski definition) is 0. The van der Waals surface area contributed by atoms with Gasteiger partial charge in [0.25, 0.3) is 0 Å². The number of benzene rings is 2. The molecule has 0 aliphatic heterocycles. The van der Waals surface area contributed by atoms with Crippen molar-refractivity contribution < 1.29 is 9.59 Å². The zero-order valence-corrected chi connectivity index (χ0v) is 21.3. The largest absolute Gasteiger partial charge is 0.290 e. The summed E-state index contributed by atoms with van der Waals surface area (Å²) in [7, 11) is 0. The lowest BCUT2D eigenvalue weighted by molar-refractivity contribution is -0.111. The van der Waals surface area contributed by atoms with Gasteiger partial charge in [-0.05, 0) is 55.5 Å². The van der Waals surface area contributed by atoms with Crippen molar-refractivity contribution in [1.82, 2.24) is 9.97 Å². The number of nitrogens with zero attached hydrogens (tertiary/aromatic N) is 2. The highest BCUT2D eigenvalue weighted by Crippen LogP contribution is 2.41. The molecule has 174 valence electrons. The monoisotopic (exact) mass is 496 g/mol. The van der Waals surface area contributed by atoms with Crippen molar-refractivity contribution in [2.75, 3.05) is 0 Å². The van der Waals surface area contributed by atoms with E-state index in [9.17, 15) is 9.59 Å². The number of para-hydroxylation sites is 2. The fourth-order valence-electron chi connectivity index (χ4n) is 3.95. The summed E-state index contributed by atoms with van der Waals surface area (Å²) in [4.78, 5) is 32.0. The van der Waals surface area contributed by atoms with E-state index in [0.717, 1.165) is 31.3 Å². The van der Waals surface area contributed by atoms with Gasteiger partial charge in [-0.25, -0.2) is 9.97 Å². The van der Waals surface area contributed by atoms with E-state index < -0.39 is 0 Å². The van der Waals surface area contributed by atoms with Gasteiger partial charge in [-0.3, -0.25) is 9.59 Å². The lowest BCUT2D eigenvalue weighted by atomic mass is 9.80. The van der Waals surface area contributed by atoms with Gasteiger partial charge in [-0.2, -0.15) is 0 Å². The molecule has 0 radical (unpaired) electrons. The van der Waals surface area contributed by atoms with Gasteiger partial charge in [-0.15, -0.1) is 22.7 Å². The van der Waals surface area contributed by atoms with Crippen molar-refractivity contribution in [3.63, 3.8) is 0 Å². The Morgan fingerprint density at radius 3 is 1.89 bits per heavy atom. The smallest absolute Gasteiger partial charge is 0.178 e. The van der Waals surface area contributed by atoms with Crippen LogP contribution in [0.3, 0.4) is 0 Å². The average Bonchev–Trinajstić information content (AvgIpc) is 3.48. The Balaban J connectivity index is 0.000000145. The highest BCUT2D eigenvalue weighted by Gasteiger charge is 2.28. The first-order chi connectivity index (χ1) is 16.7. The topological polar surface area (TPSA) is 59.9 Å². The summed E-state index contributed by atoms with van der Waals surface area (Å²) in [5.41, 5.74) is 2.64. The Hall–Kier alpha value is -3.48. The number of rotatable bonds is 2. The molecule has 2 aromatic heterocycles. The molecular formula is C29H24N2O2S2. The van der Waals surface area contributed by atoms with Crippen LogP contribution in [0.15, 0.2) is 91.1 Å². The third-order valence-corrected chi connectivity index (χ3v) is 8.47. The molecule has 35 heavy (non-hydrogen) atoms. The molecule has 0 bridgehead atoms. The molecule has 0 fully saturated rings. The molecule has 0 unspecified atom stereocenters. The second-order valence-corrected chi connectivity index (χ2v) is 11.4. The van der Waals surface area contributed by atoms with Crippen LogP contribution < -0.4 is 0 Å². The number of allylic oxidation sites excluding steroid dienone is 8. The van der Waals surface area contributed by atoms with Crippen LogP contribution in [0.1, 0.15) is 30.8 Å². The summed E-state index contributed by atoms with van der Waals surface area (Å²) in [5, 5.41) is 1.97. The van der Waals surface area contributed by atoms with Crippen molar-refractivity contribution in [3.8, 4) is 0 Å². The van der Waals surface area contributed by atoms with E-state index in [1.807, 2.05) is 54.6 Å². The van der Waals surface area contributed by atoms with Crippen LogP contribution in [0.2, 0.25) is 0 Å². The molecule has 6 rings (SSSR count). The predicted molar refractivity (Wildman–Crippen MR) is 146 cm³/mol. The van der Waals surface area contributed by atoms with Crippen molar-refractivity contribution in [1.29, 1.82) is 0 Å². The molecule has 0 spiro atoms. The van der Waals surface area contributed by atoms with Gasteiger partial charge in [0.15, 0.2) is 11.6 Å². The van der Waals surface area contributed by atoms with Gasteiger partial charge in [0.1, 0.15) is 10.0 Å². The zero-order chi connectivity index (χ0) is 24.6. The summed E-state index contributed by atoms with van der Waals surface area (Å²) < 4.78 is 2.34. The minimum atomic E-state index is -0.252. The lowest BCUT2D eigenvalue weighted by Crippen LogP contribution is -2.18. The Morgan fingerprint density at radius 2 is 1.26 bits per heavy atom. The number of carbonyl (C=O) groups excluding carboxylic acids is 2. The number of fused-ring (bicyclic) bond motifs is 2. The summed E-state index contributed by atoms with van der Waals surface area (Å²) in [5.74, 6) is 0.0900. The first kappa shape index (κ1) is 23.3. The molecule has 2 aromatic carbocycles. The number of ketones is 2. The van der Waals surface area contributed by atoms with E-state index in [1.165, 1.54) is 4.70 Å². The van der Waals surface area contributed by atoms with E-state index in [4.69, 9.17) is 0 Å². The van der Waals surface area contributed by atoms with Crippen molar-refractivity contribution in [3.05, 3.63) is 101 Å². The molecule has 0 N–H and O–H groups in total. The van der Waals surface area contributed by atoms with Crippen molar-refractivity contribution in [2.45, 2.75) is 26.2 Å². The first-order valence-electron chi connectivity index (χ1n) is 11.3. The first-order valence-corrected chi connectivity index (χ1v) is 13.0. The number of hydrogen-bond acceptors (Lipinski definition) is 6. The minimum Gasteiger partial charge on any atom is -0.290 e.